The molecule has 0 fully saturated rings. The number of Topliss-reactive ketones (excluding diaryl/α,β-unsaturated/α-hetero) is 1. The van der Waals surface area contributed by atoms with E-state index in [0.717, 1.165) is 11.1 Å². The molecule has 140 valence electrons. The van der Waals surface area contributed by atoms with Crippen LogP contribution in [0.2, 0.25) is 0 Å². The van der Waals surface area contributed by atoms with E-state index in [9.17, 15) is 14.4 Å². The summed E-state index contributed by atoms with van der Waals surface area (Å²) in [6, 6.07) is 15.5. The van der Waals surface area contributed by atoms with Gasteiger partial charge in [0, 0.05) is 16.8 Å². The number of amides is 2. The first kappa shape index (κ1) is 17.7. The van der Waals surface area contributed by atoms with Crippen LogP contribution in [0.3, 0.4) is 0 Å². The van der Waals surface area contributed by atoms with Crippen molar-refractivity contribution in [2.45, 2.75) is 19.4 Å². The Morgan fingerprint density at radius 2 is 1.93 bits per heavy atom. The number of benzene rings is 2. The van der Waals surface area contributed by atoms with E-state index in [1.165, 1.54) is 11.6 Å². The second-order valence-electron chi connectivity index (χ2n) is 6.61. The molecule has 0 bridgehead atoms. The molecule has 2 heterocycles. The standard InChI is InChI=1S/C21H18N4O3/c1-13(26)15-8-5-9-16(10-15)23-21(28)18-11-19(27)24-20-17(12-22-25(18)20)14-6-3-2-4-7-14/h2-10,12,18H,11H2,1H3,(H,23,28)(H,24,27). The average molecular weight is 374 g/mol. The van der Waals surface area contributed by atoms with Crippen molar-refractivity contribution in [1.29, 1.82) is 0 Å². The topological polar surface area (TPSA) is 93.1 Å². The molecule has 2 N–H and O–H groups in total. The molecule has 3 aromatic rings. The highest BCUT2D eigenvalue weighted by atomic mass is 16.2. The van der Waals surface area contributed by atoms with E-state index in [0.29, 0.717) is 17.1 Å². The molecule has 28 heavy (non-hydrogen) atoms. The maximum Gasteiger partial charge on any atom is 0.249 e. The van der Waals surface area contributed by atoms with Gasteiger partial charge in [-0.3, -0.25) is 14.4 Å². The van der Waals surface area contributed by atoms with E-state index in [-0.39, 0.29) is 24.0 Å². The monoisotopic (exact) mass is 374 g/mol. The summed E-state index contributed by atoms with van der Waals surface area (Å²) in [6.07, 6.45) is 1.63. The Labute approximate surface area is 161 Å². The fraction of sp³-hybridized carbons (Fsp3) is 0.143. The normalized spacial score (nSPS) is 15.5. The summed E-state index contributed by atoms with van der Waals surface area (Å²) in [5.74, 6) is -0.197. The van der Waals surface area contributed by atoms with Gasteiger partial charge in [-0.15, -0.1) is 0 Å². The molecule has 0 aliphatic carbocycles. The van der Waals surface area contributed by atoms with Gasteiger partial charge < -0.3 is 10.6 Å². The Kier molecular flexibility index (Phi) is 4.49. The van der Waals surface area contributed by atoms with Crippen LogP contribution >= 0.6 is 0 Å². The van der Waals surface area contributed by atoms with Crippen LogP contribution in [0.1, 0.15) is 29.7 Å². The molecule has 0 saturated carbocycles. The van der Waals surface area contributed by atoms with Gasteiger partial charge in [0.05, 0.1) is 12.6 Å². The minimum Gasteiger partial charge on any atom is -0.324 e. The van der Waals surface area contributed by atoms with Crippen LogP contribution in [0.15, 0.2) is 60.8 Å². The van der Waals surface area contributed by atoms with E-state index in [2.05, 4.69) is 15.7 Å². The fourth-order valence-electron chi connectivity index (χ4n) is 3.24. The Hall–Kier alpha value is -3.74. The smallest absolute Gasteiger partial charge is 0.249 e. The zero-order valence-corrected chi connectivity index (χ0v) is 15.2. The number of fused-ring (bicyclic) bond motifs is 1. The van der Waals surface area contributed by atoms with Crippen LogP contribution in [0, 0.1) is 0 Å². The highest BCUT2D eigenvalue weighted by Crippen LogP contribution is 2.34. The number of ketones is 1. The number of anilines is 2. The molecule has 4 rings (SSSR count). The number of aromatic nitrogens is 2. The zero-order valence-electron chi connectivity index (χ0n) is 15.2. The highest BCUT2D eigenvalue weighted by Gasteiger charge is 2.33. The Balaban J connectivity index is 1.64. The molecule has 1 atom stereocenters. The van der Waals surface area contributed by atoms with Gasteiger partial charge in [0.15, 0.2) is 5.78 Å². The Morgan fingerprint density at radius 3 is 2.68 bits per heavy atom. The summed E-state index contributed by atoms with van der Waals surface area (Å²) in [7, 11) is 0. The molecular weight excluding hydrogens is 356 g/mol. The average Bonchev–Trinajstić information content (AvgIpc) is 3.11. The lowest BCUT2D eigenvalue weighted by molar-refractivity contribution is -0.125. The first-order valence-corrected chi connectivity index (χ1v) is 8.87. The number of hydrogen-bond acceptors (Lipinski definition) is 4. The van der Waals surface area contributed by atoms with E-state index in [4.69, 9.17) is 0 Å². The molecule has 1 aromatic heterocycles. The van der Waals surface area contributed by atoms with Gasteiger partial charge in [0.2, 0.25) is 11.8 Å². The molecule has 1 aliphatic rings. The number of nitrogens with one attached hydrogen (secondary N) is 2. The van der Waals surface area contributed by atoms with Crippen LogP contribution in [0.5, 0.6) is 0 Å². The third kappa shape index (κ3) is 3.29. The molecule has 1 unspecified atom stereocenters. The van der Waals surface area contributed by atoms with Gasteiger partial charge in [-0.25, -0.2) is 4.68 Å². The van der Waals surface area contributed by atoms with Gasteiger partial charge in [-0.05, 0) is 24.6 Å². The van der Waals surface area contributed by atoms with E-state index in [1.807, 2.05) is 30.3 Å². The first-order chi connectivity index (χ1) is 13.5. The number of carbonyl (C=O) groups is 3. The van der Waals surface area contributed by atoms with Crippen molar-refractivity contribution in [3.8, 4) is 11.1 Å². The summed E-state index contributed by atoms with van der Waals surface area (Å²) in [6.45, 7) is 1.47. The lowest BCUT2D eigenvalue weighted by Gasteiger charge is -2.24. The molecule has 0 radical (unpaired) electrons. The number of rotatable bonds is 4. The Morgan fingerprint density at radius 1 is 1.14 bits per heavy atom. The summed E-state index contributed by atoms with van der Waals surface area (Å²) in [5.41, 5.74) is 2.66. The first-order valence-electron chi connectivity index (χ1n) is 8.87. The molecule has 0 spiro atoms. The van der Waals surface area contributed by atoms with Crippen LogP contribution in [0.25, 0.3) is 11.1 Å². The highest BCUT2D eigenvalue weighted by molar-refractivity contribution is 6.03. The summed E-state index contributed by atoms with van der Waals surface area (Å²) in [4.78, 5) is 36.7. The minimum absolute atomic E-state index is 0.0128. The molecular formula is C21H18N4O3. The van der Waals surface area contributed by atoms with Gasteiger partial charge in [-0.1, -0.05) is 42.5 Å². The molecule has 1 aliphatic heterocycles. The molecule has 7 nitrogen and oxygen atoms in total. The molecule has 2 aromatic carbocycles. The van der Waals surface area contributed by atoms with E-state index in [1.54, 1.807) is 30.5 Å². The lowest BCUT2D eigenvalue weighted by atomic mass is 10.1. The maximum atomic E-state index is 12.9. The predicted octanol–water partition coefficient (Wildman–Crippen LogP) is 3.27. The summed E-state index contributed by atoms with van der Waals surface area (Å²) < 4.78 is 1.54. The third-order valence-corrected chi connectivity index (χ3v) is 4.65. The van der Waals surface area contributed by atoms with Crippen molar-refractivity contribution in [3.63, 3.8) is 0 Å². The van der Waals surface area contributed by atoms with Gasteiger partial charge in [0.1, 0.15) is 11.9 Å². The van der Waals surface area contributed by atoms with Crippen molar-refractivity contribution in [2.75, 3.05) is 10.6 Å². The van der Waals surface area contributed by atoms with Crippen molar-refractivity contribution in [1.82, 2.24) is 9.78 Å². The van der Waals surface area contributed by atoms with Crippen molar-refractivity contribution < 1.29 is 14.4 Å². The van der Waals surface area contributed by atoms with Gasteiger partial charge in [-0.2, -0.15) is 5.10 Å². The quantitative estimate of drug-likeness (QED) is 0.686. The van der Waals surface area contributed by atoms with Crippen LogP contribution in [-0.2, 0) is 9.59 Å². The van der Waals surface area contributed by atoms with E-state index < -0.39 is 6.04 Å². The second-order valence-corrected chi connectivity index (χ2v) is 6.61. The summed E-state index contributed by atoms with van der Waals surface area (Å²) >= 11 is 0. The summed E-state index contributed by atoms with van der Waals surface area (Å²) in [5, 5.41) is 9.95. The maximum absolute atomic E-state index is 12.9. The van der Waals surface area contributed by atoms with Crippen molar-refractivity contribution in [2.24, 2.45) is 0 Å². The van der Waals surface area contributed by atoms with Crippen molar-refractivity contribution >= 4 is 29.1 Å². The minimum atomic E-state index is -0.776. The lowest BCUT2D eigenvalue weighted by Crippen LogP contribution is -2.35. The third-order valence-electron chi connectivity index (χ3n) is 4.65. The fourth-order valence-corrected chi connectivity index (χ4v) is 3.24. The second kappa shape index (κ2) is 7.11. The predicted molar refractivity (Wildman–Crippen MR) is 105 cm³/mol. The molecule has 0 saturated heterocycles. The zero-order chi connectivity index (χ0) is 19.7. The number of hydrogen-bond donors (Lipinski definition) is 2. The SMILES string of the molecule is CC(=O)c1cccc(NC(=O)C2CC(=O)Nc3c(-c4ccccc4)cnn32)c1. The molecule has 7 heteroatoms. The van der Waals surface area contributed by atoms with E-state index >= 15 is 0 Å². The molecule has 2 amide bonds. The largest absolute Gasteiger partial charge is 0.324 e. The van der Waals surface area contributed by atoms with Crippen LogP contribution < -0.4 is 10.6 Å². The van der Waals surface area contributed by atoms with Crippen LogP contribution in [0.4, 0.5) is 11.5 Å². The Bertz CT molecular complexity index is 1070. The van der Waals surface area contributed by atoms with Crippen LogP contribution in [-0.4, -0.2) is 27.4 Å². The number of carbonyl (C=O) groups excluding carboxylic acids is 3. The number of nitrogens with zero attached hydrogens (tertiary/aromatic N) is 2. The van der Waals surface area contributed by atoms with Gasteiger partial charge in [0.25, 0.3) is 0 Å². The van der Waals surface area contributed by atoms with Gasteiger partial charge >= 0.3 is 0 Å². The van der Waals surface area contributed by atoms with Crippen molar-refractivity contribution in [3.05, 3.63) is 66.4 Å².